The first-order valence-electron chi connectivity index (χ1n) is 6.24. The molecule has 5 atom stereocenters. The molecule has 3 fully saturated rings. The van der Waals surface area contributed by atoms with E-state index in [9.17, 15) is 0 Å². The predicted molar refractivity (Wildman–Crippen MR) is 66.3 cm³/mol. The maximum absolute atomic E-state index is 5.92. The third kappa shape index (κ3) is 2.23. The van der Waals surface area contributed by atoms with Crippen molar-refractivity contribution in [3.05, 3.63) is 0 Å². The van der Waals surface area contributed by atoms with Crippen molar-refractivity contribution in [3.8, 4) is 0 Å². The summed E-state index contributed by atoms with van der Waals surface area (Å²) >= 11 is 3.49. The Morgan fingerprint density at radius 2 is 1.56 bits per heavy atom. The maximum Gasteiger partial charge on any atom is 0.164 e. The number of hydrogen-bond acceptors (Lipinski definition) is 5. The summed E-state index contributed by atoms with van der Waals surface area (Å²) in [5, 5.41) is -0.165. The van der Waals surface area contributed by atoms with E-state index in [1.807, 2.05) is 27.7 Å². The molecule has 3 rings (SSSR count). The first kappa shape index (κ1) is 13.3. The maximum atomic E-state index is 5.92. The predicted octanol–water partition coefficient (Wildman–Crippen LogP) is 1.78. The van der Waals surface area contributed by atoms with Crippen molar-refractivity contribution in [3.63, 3.8) is 0 Å². The summed E-state index contributed by atoms with van der Waals surface area (Å²) in [5.41, 5.74) is 0. The molecule has 0 amide bonds. The Hall–Kier alpha value is 0.280. The molecule has 3 aliphatic heterocycles. The summed E-state index contributed by atoms with van der Waals surface area (Å²) in [7, 11) is 0. The summed E-state index contributed by atoms with van der Waals surface area (Å²) in [6.45, 7) is 8.16. The van der Waals surface area contributed by atoms with Gasteiger partial charge in [0.25, 0.3) is 0 Å². The van der Waals surface area contributed by atoms with Gasteiger partial charge in [0.1, 0.15) is 29.4 Å². The molecule has 1 unspecified atom stereocenters. The molecular formula is C12H19BrO5. The van der Waals surface area contributed by atoms with Crippen molar-refractivity contribution in [2.75, 3.05) is 6.61 Å². The number of halogens is 1. The van der Waals surface area contributed by atoms with Crippen LogP contribution in [0.15, 0.2) is 0 Å². The molecule has 0 bridgehead atoms. The molecule has 0 N–H and O–H groups in total. The van der Waals surface area contributed by atoms with E-state index >= 15 is 0 Å². The minimum atomic E-state index is -0.571. The van der Waals surface area contributed by atoms with Gasteiger partial charge in [0.05, 0.1) is 6.61 Å². The van der Waals surface area contributed by atoms with Gasteiger partial charge in [0.2, 0.25) is 0 Å². The highest BCUT2D eigenvalue weighted by molar-refractivity contribution is 9.09. The van der Waals surface area contributed by atoms with E-state index in [2.05, 4.69) is 15.9 Å². The Bertz CT molecular complexity index is 345. The molecule has 0 radical (unpaired) electrons. The Morgan fingerprint density at radius 1 is 0.889 bits per heavy atom. The first-order chi connectivity index (χ1) is 8.27. The highest BCUT2D eigenvalue weighted by Crippen LogP contribution is 2.43. The third-order valence-corrected chi connectivity index (χ3v) is 4.17. The average molecular weight is 323 g/mol. The molecule has 0 aromatic heterocycles. The number of ether oxygens (including phenoxy) is 5. The molecule has 3 saturated heterocycles. The molecule has 6 heteroatoms. The van der Waals surface area contributed by atoms with Gasteiger partial charge in [-0.15, -0.1) is 0 Å². The molecule has 0 aromatic rings. The second-order valence-corrected chi connectivity index (χ2v) is 6.79. The van der Waals surface area contributed by atoms with Crippen LogP contribution in [-0.4, -0.2) is 47.6 Å². The van der Waals surface area contributed by atoms with Gasteiger partial charge in [0, 0.05) is 0 Å². The van der Waals surface area contributed by atoms with Gasteiger partial charge in [-0.05, 0) is 27.7 Å². The summed E-state index contributed by atoms with van der Waals surface area (Å²) in [6.07, 6.45) is -0.500. The lowest BCUT2D eigenvalue weighted by atomic mass is 10.1. The number of alkyl halides is 1. The van der Waals surface area contributed by atoms with Gasteiger partial charge >= 0.3 is 0 Å². The Kier molecular flexibility index (Phi) is 3.05. The van der Waals surface area contributed by atoms with Crippen LogP contribution in [0.2, 0.25) is 0 Å². The molecule has 0 saturated carbocycles. The monoisotopic (exact) mass is 322 g/mol. The van der Waals surface area contributed by atoms with Crippen molar-refractivity contribution in [1.82, 2.24) is 0 Å². The van der Waals surface area contributed by atoms with Gasteiger partial charge in [-0.25, -0.2) is 0 Å². The van der Waals surface area contributed by atoms with E-state index in [1.54, 1.807) is 0 Å². The van der Waals surface area contributed by atoms with E-state index in [0.29, 0.717) is 6.61 Å². The quantitative estimate of drug-likeness (QED) is 0.689. The van der Waals surface area contributed by atoms with Gasteiger partial charge in [-0.3, -0.25) is 0 Å². The van der Waals surface area contributed by atoms with Crippen LogP contribution in [0.25, 0.3) is 0 Å². The van der Waals surface area contributed by atoms with E-state index in [-0.39, 0.29) is 29.4 Å². The van der Waals surface area contributed by atoms with Crippen LogP contribution in [0.3, 0.4) is 0 Å². The minimum Gasteiger partial charge on any atom is -0.355 e. The number of fused-ring (bicyclic) bond motifs is 1. The van der Waals surface area contributed by atoms with Gasteiger partial charge in [-0.2, -0.15) is 0 Å². The van der Waals surface area contributed by atoms with Crippen LogP contribution in [-0.2, 0) is 23.7 Å². The molecule has 0 spiro atoms. The smallest absolute Gasteiger partial charge is 0.164 e. The summed E-state index contributed by atoms with van der Waals surface area (Å²) in [4.78, 5) is 0. The van der Waals surface area contributed by atoms with E-state index < -0.39 is 11.6 Å². The lowest BCUT2D eigenvalue weighted by Gasteiger charge is -2.26. The summed E-state index contributed by atoms with van der Waals surface area (Å²) in [5.74, 6) is -1.12. The highest BCUT2D eigenvalue weighted by Gasteiger charge is 2.58. The molecule has 3 heterocycles. The number of hydrogen-bond donors (Lipinski definition) is 0. The van der Waals surface area contributed by atoms with Crippen molar-refractivity contribution < 1.29 is 23.7 Å². The fourth-order valence-electron chi connectivity index (χ4n) is 2.76. The van der Waals surface area contributed by atoms with Gasteiger partial charge in [0.15, 0.2) is 11.6 Å². The molecular weight excluding hydrogens is 304 g/mol. The fraction of sp³-hybridized carbons (Fsp3) is 1.00. The van der Waals surface area contributed by atoms with E-state index in [1.165, 1.54) is 0 Å². The van der Waals surface area contributed by atoms with Crippen LogP contribution in [0, 0.1) is 0 Å². The Morgan fingerprint density at radius 3 is 2.17 bits per heavy atom. The van der Waals surface area contributed by atoms with Crippen molar-refractivity contribution >= 4 is 15.9 Å². The Labute approximate surface area is 115 Å². The van der Waals surface area contributed by atoms with Crippen molar-refractivity contribution in [2.24, 2.45) is 0 Å². The molecule has 5 nitrogen and oxygen atoms in total. The Balaban J connectivity index is 1.75. The zero-order valence-electron chi connectivity index (χ0n) is 11.0. The molecule has 3 aliphatic rings. The lowest BCUT2D eigenvalue weighted by molar-refractivity contribution is -0.197. The van der Waals surface area contributed by atoms with Crippen LogP contribution in [0.5, 0.6) is 0 Å². The standard InChI is InChI=1S/C12H19BrO5/c1-11(2)14-5-6(16-11)7-8-9(10(13)15-7)18-12(3,4)17-8/h6-10H,5H2,1-4H3/t6-,7-,8+,9+,10?/m1/s1. The van der Waals surface area contributed by atoms with Crippen LogP contribution in [0.4, 0.5) is 0 Å². The van der Waals surface area contributed by atoms with E-state index in [4.69, 9.17) is 23.7 Å². The van der Waals surface area contributed by atoms with Crippen molar-refractivity contribution in [2.45, 2.75) is 68.7 Å². The topological polar surface area (TPSA) is 46.2 Å². The summed E-state index contributed by atoms with van der Waals surface area (Å²) < 4.78 is 29.1. The largest absolute Gasteiger partial charge is 0.355 e. The first-order valence-corrected chi connectivity index (χ1v) is 7.16. The second kappa shape index (κ2) is 4.14. The minimum absolute atomic E-state index is 0.0997. The van der Waals surface area contributed by atoms with Crippen molar-refractivity contribution in [1.29, 1.82) is 0 Å². The van der Waals surface area contributed by atoms with E-state index in [0.717, 1.165) is 0 Å². The van der Waals surface area contributed by atoms with Crippen LogP contribution < -0.4 is 0 Å². The molecule has 0 aromatic carbocycles. The molecule has 104 valence electrons. The lowest BCUT2D eigenvalue weighted by Crippen LogP contribution is -2.40. The molecule has 0 aliphatic carbocycles. The zero-order chi connectivity index (χ0) is 13.1. The average Bonchev–Trinajstić information content (AvgIpc) is 2.81. The van der Waals surface area contributed by atoms with Crippen LogP contribution in [0.1, 0.15) is 27.7 Å². The second-order valence-electron chi connectivity index (χ2n) is 5.88. The molecule has 18 heavy (non-hydrogen) atoms. The van der Waals surface area contributed by atoms with Gasteiger partial charge < -0.3 is 23.7 Å². The van der Waals surface area contributed by atoms with Gasteiger partial charge in [-0.1, -0.05) is 15.9 Å². The SMILES string of the molecule is CC1(C)O[C@H]2[C@@H]([C@H]3COC(C)(C)O3)OC(Br)[C@H]2O1. The van der Waals surface area contributed by atoms with Crippen LogP contribution >= 0.6 is 15.9 Å². The summed E-state index contributed by atoms with van der Waals surface area (Å²) in [6, 6.07) is 0. The highest BCUT2D eigenvalue weighted by atomic mass is 79.9. The fourth-order valence-corrected chi connectivity index (χ4v) is 3.41. The zero-order valence-corrected chi connectivity index (χ0v) is 12.6. The number of rotatable bonds is 1. The normalized spacial score (nSPS) is 49.5. The third-order valence-electron chi connectivity index (χ3n) is 3.43.